The fourth-order valence-electron chi connectivity index (χ4n) is 7.53. The van der Waals surface area contributed by atoms with Crippen molar-refractivity contribution in [2.75, 3.05) is 11.7 Å². The van der Waals surface area contributed by atoms with E-state index in [2.05, 4.69) is 17.1 Å². The van der Waals surface area contributed by atoms with Crippen LogP contribution < -0.4 is 18.9 Å². The number of aryl methyl sites for hydroxylation is 1. The third-order valence-electron chi connectivity index (χ3n) is 10.2. The van der Waals surface area contributed by atoms with Gasteiger partial charge in [-0.2, -0.15) is 0 Å². The molecule has 0 saturated carbocycles. The summed E-state index contributed by atoms with van der Waals surface area (Å²) in [7, 11) is -2.93. The molecule has 13 nitrogen and oxygen atoms in total. The summed E-state index contributed by atoms with van der Waals surface area (Å²) in [5.41, 5.74) is 6.39. The summed E-state index contributed by atoms with van der Waals surface area (Å²) in [5, 5.41) is 0.805. The molecule has 3 aromatic carbocycles. The van der Waals surface area contributed by atoms with Crippen LogP contribution in [0.5, 0.6) is 17.2 Å². The van der Waals surface area contributed by atoms with Gasteiger partial charge in [-0.25, -0.2) is 9.55 Å². The molecule has 0 unspecified atom stereocenters. The highest BCUT2D eigenvalue weighted by Gasteiger charge is 2.33. The van der Waals surface area contributed by atoms with E-state index in [1.807, 2.05) is 82.7 Å². The Labute approximate surface area is 314 Å². The van der Waals surface area contributed by atoms with Crippen LogP contribution in [-0.2, 0) is 24.6 Å². The number of phosphoric ester groups is 1. The molecular weight excluding hydrogens is 721 g/mol. The number of pyridine rings is 2. The van der Waals surface area contributed by atoms with Crippen LogP contribution in [0.3, 0.4) is 0 Å². The smallest absolute Gasteiger partial charge is 0.454 e. The summed E-state index contributed by atoms with van der Waals surface area (Å²) in [6, 6.07) is 28.5. The first-order valence-electron chi connectivity index (χ1n) is 17.5. The predicted octanol–water partition coefficient (Wildman–Crippen LogP) is 7.26. The highest BCUT2D eigenvalue weighted by Crippen LogP contribution is 2.43. The molecule has 0 radical (unpaired) electrons. The summed E-state index contributed by atoms with van der Waals surface area (Å²) < 4.78 is 31.6. The van der Waals surface area contributed by atoms with Crippen LogP contribution >= 0.6 is 7.82 Å². The van der Waals surface area contributed by atoms with Crippen LogP contribution in [0.4, 0.5) is 11.4 Å². The van der Waals surface area contributed by atoms with E-state index in [1.165, 1.54) is 22.6 Å². The van der Waals surface area contributed by atoms with E-state index in [0.717, 1.165) is 23.0 Å². The standard InChI is InChI=1S/C41H34N5O8P/c1-25-17-26-7-3-4-8-28(26)23-45(25)40(47)33-21-38-37(52-24-53-38)20-32(33)36-19-34(35-9-5-6-15-44(35)36)41(48)46(29-10-12-31(13-11-29)54-55(49,50)51)30-18-27-14-16-43(2)39(27)42-22-30/h3-16,18-22,25H,17,23-24H2,1-2H3,(H2,49,50,51)/t25-/m1/s1. The first kappa shape index (κ1) is 34.4. The van der Waals surface area contributed by atoms with E-state index < -0.39 is 13.7 Å². The highest BCUT2D eigenvalue weighted by molar-refractivity contribution is 7.46. The lowest BCUT2D eigenvalue weighted by molar-refractivity contribution is 0.0658. The number of phosphoric acid groups is 1. The third kappa shape index (κ3) is 6.18. The monoisotopic (exact) mass is 755 g/mol. The molecule has 276 valence electrons. The summed E-state index contributed by atoms with van der Waals surface area (Å²) in [4.78, 5) is 56.5. The van der Waals surface area contributed by atoms with Crippen LogP contribution in [0, 0.1) is 0 Å². The number of ether oxygens (including phenoxy) is 2. The van der Waals surface area contributed by atoms with Crippen molar-refractivity contribution in [3.8, 4) is 28.5 Å². The van der Waals surface area contributed by atoms with Gasteiger partial charge in [0.15, 0.2) is 11.5 Å². The molecule has 7 aromatic rings. The van der Waals surface area contributed by atoms with Crippen molar-refractivity contribution >= 4 is 47.6 Å². The topological polar surface area (TPSA) is 148 Å². The lowest BCUT2D eigenvalue weighted by atomic mass is 9.93. The fourth-order valence-corrected chi connectivity index (χ4v) is 7.93. The van der Waals surface area contributed by atoms with Gasteiger partial charge in [-0.3, -0.25) is 24.3 Å². The lowest BCUT2D eigenvalue weighted by Crippen LogP contribution is -2.42. The molecule has 0 fully saturated rings. The van der Waals surface area contributed by atoms with E-state index in [-0.39, 0.29) is 24.5 Å². The number of carbonyl (C=O) groups excluding carboxylic acids is 2. The van der Waals surface area contributed by atoms with Crippen LogP contribution in [0.1, 0.15) is 38.8 Å². The number of fused-ring (bicyclic) bond motifs is 4. The Hall–Kier alpha value is -6.40. The third-order valence-corrected chi connectivity index (χ3v) is 10.6. The molecular formula is C41H34N5O8P. The van der Waals surface area contributed by atoms with Gasteiger partial charge in [0.2, 0.25) is 6.79 Å². The normalized spacial score (nSPS) is 15.0. The maximum absolute atomic E-state index is 15.1. The minimum Gasteiger partial charge on any atom is -0.454 e. The van der Waals surface area contributed by atoms with Crippen LogP contribution in [0.15, 0.2) is 116 Å². The molecule has 9 rings (SSSR count). The second-order valence-corrected chi connectivity index (χ2v) is 14.8. The van der Waals surface area contributed by atoms with Crippen molar-refractivity contribution in [1.29, 1.82) is 0 Å². The van der Waals surface area contributed by atoms with Gasteiger partial charge in [-0.15, -0.1) is 0 Å². The maximum atomic E-state index is 15.1. The quantitative estimate of drug-likeness (QED) is 0.161. The number of amides is 2. The summed E-state index contributed by atoms with van der Waals surface area (Å²) >= 11 is 0. The zero-order chi connectivity index (χ0) is 38.0. The number of nitrogens with zero attached hydrogens (tertiary/aromatic N) is 5. The van der Waals surface area contributed by atoms with Crippen LogP contribution in [0.25, 0.3) is 27.8 Å². The number of anilines is 2. The zero-order valence-electron chi connectivity index (χ0n) is 29.7. The molecule has 2 aliphatic heterocycles. The fraction of sp³-hybridized carbons (Fsp3) is 0.146. The zero-order valence-corrected chi connectivity index (χ0v) is 30.6. The Kier molecular flexibility index (Phi) is 8.23. The Balaban J connectivity index is 1.18. The van der Waals surface area contributed by atoms with E-state index in [0.29, 0.717) is 57.3 Å². The molecule has 2 N–H and O–H groups in total. The van der Waals surface area contributed by atoms with E-state index in [1.54, 1.807) is 36.5 Å². The van der Waals surface area contributed by atoms with Gasteiger partial charge in [-0.1, -0.05) is 30.3 Å². The highest BCUT2D eigenvalue weighted by atomic mass is 31.2. The second-order valence-electron chi connectivity index (χ2n) is 13.7. The van der Waals surface area contributed by atoms with Crippen LogP contribution in [-0.4, -0.2) is 53.3 Å². The maximum Gasteiger partial charge on any atom is 0.524 e. The molecule has 0 spiro atoms. The molecule has 55 heavy (non-hydrogen) atoms. The minimum absolute atomic E-state index is 0.0191. The lowest BCUT2D eigenvalue weighted by Gasteiger charge is -2.35. The molecule has 0 bridgehead atoms. The van der Waals surface area contributed by atoms with Gasteiger partial charge < -0.3 is 27.9 Å². The number of hydrogen-bond donors (Lipinski definition) is 2. The molecule has 14 heteroatoms. The van der Waals surface area contributed by atoms with E-state index >= 15 is 4.79 Å². The van der Waals surface area contributed by atoms with Gasteiger partial charge in [0.25, 0.3) is 11.8 Å². The molecule has 0 aliphatic carbocycles. The van der Waals surface area contributed by atoms with Crippen molar-refractivity contribution < 1.29 is 37.9 Å². The average molecular weight is 756 g/mol. The molecule has 2 aliphatic rings. The first-order valence-corrected chi connectivity index (χ1v) is 19.1. The van der Waals surface area contributed by atoms with Gasteiger partial charge >= 0.3 is 7.82 Å². The van der Waals surface area contributed by atoms with E-state index in [4.69, 9.17) is 14.0 Å². The summed E-state index contributed by atoms with van der Waals surface area (Å²) in [6.07, 6.45) is 6.05. The van der Waals surface area contributed by atoms with Crippen molar-refractivity contribution in [1.82, 2.24) is 18.9 Å². The summed E-state index contributed by atoms with van der Waals surface area (Å²) in [5.74, 6) is 0.310. The number of hydrogen-bond acceptors (Lipinski definition) is 7. The van der Waals surface area contributed by atoms with Crippen molar-refractivity contribution in [2.24, 2.45) is 7.05 Å². The number of benzene rings is 3. The second kappa shape index (κ2) is 13.2. The molecule has 0 saturated heterocycles. The molecule has 4 aromatic heterocycles. The van der Waals surface area contributed by atoms with Gasteiger partial charge in [0.1, 0.15) is 11.4 Å². The van der Waals surface area contributed by atoms with E-state index in [9.17, 15) is 19.1 Å². The Morgan fingerprint density at radius 2 is 1.62 bits per heavy atom. The largest absolute Gasteiger partial charge is 0.524 e. The Morgan fingerprint density at radius 1 is 0.873 bits per heavy atom. The first-order chi connectivity index (χ1) is 26.5. The number of carbonyl (C=O) groups is 2. The molecule has 2 amide bonds. The van der Waals surface area contributed by atoms with Crippen molar-refractivity contribution in [2.45, 2.75) is 25.9 Å². The van der Waals surface area contributed by atoms with Gasteiger partial charge in [0.05, 0.1) is 34.2 Å². The Morgan fingerprint density at radius 3 is 2.40 bits per heavy atom. The minimum atomic E-state index is -4.81. The van der Waals surface area contributed by atoms with Gasteiger partial charge in [-0.05, 0) is 91.2 Å². The number of rotatable bonds is 7. The predicted molar refractivity (Wildman–Crippen MR) is 205 cm³/mol. The van der Waals surface area contributed by atoms with Crippen molar-refractivity contribution in [3.05, 3.63) is 138 Å². The van der Waals surface area contributed by atoms with Crippen molar-refractivity contribution in [3.63, 3.8) is 0 Å². The summed E-state index contributed by atoms with van der Waals surface area (Å²) in [6.45, 7) is 2.52. The molecule has 6 heterocycles. The van der Waals surface area contributed by atoms with Gasteiger partial charge in [0, 0.05) is 48.7 Å². The molecule has 1 atom stereocenters. The average Bonchev–Trinajstić information content (AvgIpc) is 3.90. The SMILES string of the molecule is C[C@@H]1Cc2ccccc2CN1C(=O)c1cc2c(cc1-c1cc(C(=O)N(c3ccc(OP(=O)(O)O)cc3)c3cnc4c(ccn4C)c3)c3ccccn13)OCO2. The number of aromatic nitrogens is 3. The van der Waals surface area contributed by atoms with Crippen LogP contribution in [0.2, 0.25) is 0 Å². The Bertz CT molecular complexity index is 2720.